The van der Waals surface area contributed by atoms with Crippen molar-refractivity contribution < 1.29 is 9.53 Å². The molecule has 116 valence electrons. The highest BCUT2D eigenvalue weighted by molar-refractivity contribution is 5.90. The molecule has 2 aromatic carbocycles. The molecule has 1 fully saturated rings. The van der Waals surface area contributed by atoms with Crippen LogP contribution in [-0.2, 0) is 16.0 Å². The van der Waals surface area contributed by atoms with E-state index in [0.29, 0.717) is 6.42 Å². The van der Waals surface area contributed by atoms with Gasteiger partial charge < -0.3 is 9.64 Å². The number of carbonyl (C=O) groups excluding carboxylic acids is 1. The number of fused-ring (bicyclic) bond motifs is 1. The fraction of sp³-hybridized carbons (Fsp3) is 0.421. The molecule has 1 aliphatic rings. The number of piperidine rings is 1. The summed E-state index contributed by atoms with van der Waals surface area (Å²) in [6.07, 6.45) is 2.77. The van der Waals surface area contributed by atoms with Crippen LogP contribution in [0.5, 0.6) is 0 Å². The Morgan fingerprint density at radius 3 is 2.91 bits per heavy atom. The Bertz CT molecular complexity index is 645. The van der Waals surface area contributed by atoms with Gasteiger partial charge in [-0.3, -0.25) is 4.79 Å². The van der Waals surface area contributed by atoms with E-state index in [2.05, 4.69) is 24.3 Å². The molecule has 2 aromatic rings. The summed E-state index contributed by atoms with van der Waals surface area (Å²) in [5.41, 5.74) is 1.11. The fourth-order valence-corrected chi connectivity index (χ4v) is 3.26. The van der Waals surface area contributed by atoms with E-state index in [4.69, 9.17) is 4.74 Å². The number of rotatable bonds is 4. The molecule has 0 N–H and O–H groups in total. The summed E-state index contributed by atoms with van der Waals surface area (Å²) in [4.78, 5) is 14.6. The number of likely N-dealkylation sites (tertiary alicyclic amines) is 1. The molecule has 1 atom stereocenters. The maximum Gasteiger partial charge on any atom is 0.227 e. The summed E-state index contributed by atoms with van der Waals surface area (Å²) >= 11 is 0. The van der Waals surface area contributed by atoms with Crippen molar-refractivity contribution in [2.24, 2.45) is 0 Å². The molecule has 22 heavy (non-hydrogen) atoms. The summed E-state index contributed by atoms with van der Waals surface area (Å²) in [6, 6.07) is 14.4. The van der Waals surface area contributed by atoms with Gasteiger partial charge in [0, 0.05) is 19.7 Å². The standard InChI is InChI=1S/C19H23NO2/c1-2-22-17-10-6-12-20(14-17)19(21)13-16-9-5-8-15-7-3-4-11-18(15)16/h3-5,7-9,11,17H,2,6,10,12-14H2,1H3/t17-/m0/s1. The van der Waals surface area contributed by atoms with Gasteiger partial charge in [0.2, 0.25) is 5.91 Å². The molecule has 0 spiro atoms. The third-order valence-electron chi connectivity index (χ3n) is 4.35. The first kappa shape index (κ1) is 15.0. The van der Waals surface area contributed by atoms with Gasteiger partial charge in [0.05, 0.1) is 12.5 Å². The highest BCUT2D eigenvalue weighted by Crippen LogP contribution is 2.21. The first-order valence-electron chi connectivity index (χ1n) is 8.14. The summed E-state index contributed by atoms with van der Waals surface area (Å²) in [7, 11) is 0. The van der Waals surface area contributed by atoms with E-state index in [1.807, 2.05) is 30.0 Å². The van der Waals surface area contributed by atoms with Gasteiger partial charge in [-0.15, -0.1) is 0 Å². The largest absolute Gasteiger partial charge is 0.377 e. The first-order chi connectivity index (χ1) is 10.8. The average molecular weight is 297 g/mol. The summed E-state index contributed by atoms with van der Waals surface area (Å²) < 4.78 is 5.69. The van der Waals surface area contributed by atoms with Gasteiger partial charge in [0.15, 0.2) is 0 Å². The topological polar surface area (TPSA) is 29.5 Å². The second kappa shape index (κ2) is 6.93. The van der Waals surface area contributed by atoms with Crippen molar-refractivity contribution in [2.45, 2.75) is 32.3 Å². The van der Waals surface area contributed by atoms with Crippen molar-refractivity contribution in [3.63, 3.8) is 0 Å². The molecule has 3 rings (SSSR count). The Hall–Kier alpha value is -1.87. The number of nitrogens with zero attached hydrogens (tertiary/aromatic N) is 1. The minimum Gasteiger partial charge on any atom is -0.377 e. The van der Waals surface area contributed by atoms with E-state index >= 15 is 0 Å². The van der Waals surface area contributed by atoms with Crippen molar-refractivity contribution in [1.82, 2.24) is 4.90 Å². The molecular weight excluding hydrogens is 274 g/mol. The predicted molar refractivity (Wildman–Crippen MR) is 88.9 cm³/mol. The van der Waals surface area contributed by atoms with Crippen molar-refractivity contribution in [1.29, 1.82) is 0 Å². The van der Waals surface area contributed by atoms with Gasteiger partial charge >= 0.3 is 0 Å². The summed E-state index contributed by atoms with van der Waals surface area (Å²) in [5.74, 6) is 0.209. The van der Waals surface area contributed by atoms with E-state index in [-0.39, 0.29) is 12.0 Å². The zero-order chi connectivity index (χ0) is 15.4. The monoisotopic (exact) mass is 297 g/mol. The SMILES string of the molecule is CCO[C@H]1CCCN(C(=O)Cc2cccc3ccccc23)C1. The highest BCUT2D eigenvalue weighted by atomic mass is 16.5. The lowest BCUT2D eigenvalue weighted by molar-refractivity contribution is -0.134. The van der Waals surface area contributed by atoms with Crippen LogP contribution in [0.1, 0.15) is 25.3 Å². The molecule has 1 heterocycles. The third kappa shape index (κ3) is 3.30. The van der Waals surface area contributed by atoms with Crippen LogP contribution in [0.3, 0.4) is 0 Å². The van der Waals surface area contributed by atoms with Crippen LogP contribution in [0.15, 0.2) is 42.5 Å². The zero-order valence-corrected chi connectivity index (χ0v) is 13.1. The van der Waals surface area contributed by atoms with Gasteiger partial charge in [-0.2, -0.15) is 0 Å². The molecule has 3 nitrogen and oxygen atoms in total. The summed E-state index contributed by atoms with van der Waals surface area (Å²) in [5, 5.41) is 2.37. The van der Waals surface area contributed by atoms with Gasteiger partial charge in [-0.05, 0) is 36.1 Å². The first-order valence-corrected chi connectivity index (χ1v) is 8.14. The van der Waals surface area contributed by atoms with E-state index in [1.165, 1.54) is 10.8 Å². The quantitative estimate of drug-likeness (QED) is 0.865. The number of ether oxygens (including phenoxy) is 1. The van der Waals surface area contributed by atoms with Gasteiger partial charge in [0.1, 0.15) is 0 Å². The molecule has 1 aliphatic heterocycles. The van der Waals surface area contributed by atoms with Crippen LogP contribution in [-0.4, -0.2) is 36.6 Å². The Kier molecular flexibility index (Phi) is 4.74. The fourth-order valence-electron chi connectivity index (χ4n) is 3.26. The molecule has 3 heteroatoms. The smallest absolute Gasteiger partial charge is 0.227 e. The number of benzene rings is 2. The Morgan fingerprint density at radius 2 is 2.05 bits per heavy atom. The lowest BCUT2D eigenvalue weighted by atomic mass is 10.0. The maximum atomic E-state index is 12.6. The van der Waals surface area contributed by atoms with Gasteiger partial charge in [-0.25, -0.2) is 0 Å². The molecule has 0 bridgehead atoms. The van der Waals surface area contributed by atoms with Gasteiger partial charge in [0.25, 0.3) is 0 Å². The van der Waals surface area contributed by atoms with Crippen LogP contribution in [0.2, 0.25) is 0 Å². The number of carbonyl (C=O) groups is 1. The maximum absolute atomic E-state index is 12.6. The number of hydrogen-bond acceptors (Lipinski definition) is 2. The lowest BCUT2D eigenvalue weighted by Gasteiger charge is -2.32. The van der Waals surface area contributed by atoms with Crippen LogP contribution in [0.25, 0.3) is 10.8 Å². The minimum absolute atomic E-state index is 0.204. The van der Waals surface area contributed by atoms with Crippen molar-refractivity contribution >= 4 is 16.7 Å². The normalized spacial score (nSPS) is 18.6. The second-order valence-corrected chi connectivity index (χ2v) is 5.87. The molecular formula is C19H23NO2. The Labute approximate surface area is 131 Å². The molecule has 0 radical (unpaired) electrons. The zero-order valence-electron chi connectivity index (χ0n) is 13.1. The predicted octanol–water partition coefficient (Wildman–Crippen LogP) is 3.41. The van der Waals surface area contributed by atoms with Crippen LogP contribution < -0.4 is 0 Å². The van der Waals surface area contributed by atoms with E-state index in [9.17, 15) is 4.79 Å². The van der Waals surface area contributed by atoms with Crippen LogP contribution in [0.4, 0.5) is 0 Å². The minimum atomic E-state index is 0.204. The van der Waals surface area contributed by atoms with Crippen LogP contribution >= 0.6 is 0 Å². The Balaban J connectivity index is 1.73. The molecule has 0 aromatic heterocycles. The van der Waals surface area contributed by atoms with E-state index in [1.54, 1.807) is 0 Å². The number of amides is 1. The molecule has 1 saturated heterocycles. The molecule has 0 unspecified atom stereocenters. The van der Waals surface area contributed by atoms with Crippen molar-refractivity contribution in [3.8, 4) is 0 Å². The average Bonchev–Trinajstić information content (AvgIpc) is 2.56. The number of hydrogen-bond donors (Lipinski definition) is 0. The highest BCUT2D eigenvalue weighted by Gasteiger charge is 2.24. The molecule has 1 amide bonds. The van der Waals surface area contributed by atoms with Crippen molar-refractivity contribution in [3.05, 3.63) is 48.0 Å². The van der Waals surface area contributed by atoms with Gasteiger partial charge in [-0.1, -0.05) is 42.5 Å². The molecule has 0 aliphatic carbocycles. The molecule has 0 saturated carbocycles. The summed E-state index contributed by atoms with van der Waals surface area (Å²) in [6.45, 7) is 4.32. The van der Waals surface area contributed by atoms with Crippen LogP contribution in [0, 0.1) is 0 Å². The van der Waals surface area contributed by atoms with E-state index in [0.717, 1.165) is 38.1 Å². The second-order valence-electron chi connectivity index (χ2n) is 5.87. The lowest BCUT2D eigenvalue weighted by Crippen LogP contribution is -2.43. The Morgan fingerprint density at radius 1 is 1.23 bits per heavy atom. The van der Waals surface area contributed by atoms with Crippen molar-refractivity contribution in [2.75, 3.05) is 19.7 Å². The van der Waals surface area contributed by atoms with E-state index < -0.39 is 0 Å². The third-order valence-corrected chi connectivity index (χ3v) is 4.35.